The molecule has 1 aromatic carbocycles. The van der Waals surface area contributed by atoms with Gasteiger partial charge in [0, 0.05) is 6.54 Å². The first-order chi connectivity index (χ1) is 8.31. The molecule has 0 unspecified atom stereocenters. The number of hydrogen-bond donors (Lipinski definition) is 1. The number of benzene rings is 1. The second-order valence-corrected chi connectivity index (χ2v) is 4.14. The van der Waals surface area contributed by atoms with E-state index in [2.05, 4.69) is 22.3 Å². The average Bonchev–Trinajstić information content (AvgIpc) is 2.76. The summed E-state index contributed by atoms with van der Waals surface area (Å²) in [5.41, 5.74) is 0.917. The van der Waals surface area contributed by atoms with Gasteiger partial charge in [-0.2, -0.15) is 5.10 Å². The van der Waals surface area contributed by atoms with Gasteiger partial charge in [-0.05, 0) is 18.6 Å². The smallest absolute Gasteiger partial charge is 0.146 e. The molecule has 0 aliphatic rings. The average molecular weight is 251 g/mol. The molecule has 0 aliphatic carbocycles. The van der Waals surface area contributed by atoms with Crippen molar-refractivity contribution in [2.24, 2.45) is 0 Å². The molecule has 2 rings (SSSR count). The fourth-order valence-corrected chi connectivity index (χ4v) is 1.80. The van der Waals surface area contributed by atoms with Crippen molar-refractivity contribution in [1.29, 1.82) is 0 Å². The number of halogens is 1. The highest BCUT2D eigenvalue weighted by molar-refractivity contribution is 6.33. The highest BCUT2D eigenvalue weighted by Gasteiger charge is 2.04. The summed E-state index contributed by atoms with van der Waals surface area (Å²) in [5, 5.41) is 8.15. The zero-order valence-corrected chi connectivity index (χ0v) is 10.5. The van der Waals surface area contributed by atoms with E-state index < -0.39 is 0 Å². The van der Waals surface area contributed by atoms with Crippen LogP contribution in [0.3, 0.4) is 0 Å². The van der Waals surface area contributed by atoms with Crippen LogP contribution < -0.4 is 5.32 Å². The Morgan fingerprint density at radius 3 is 2.94 bits per heavy atom. The Hall–Kier alpha value is -1.55. The Morgan fingerprint density at radius 1 is 1.35 bits per heavy atom. The van der Waals surface area contributed by atoms with E-state index in [4.69, 9.17) is 11.6 Å². The van der Waals surface area contributed by atoms with Crippen molar-refractivity contribution < 1.29 is 0 Å². The van der Waals surface area contributed by atoms with Crippen LogP contribution in [0.4, 0.5) is 5.69 Å². The van der Waals surface area contributed by atoms with E-state index in [0.717, 1.165) is 24.5 Å². The first kappa shape index (κ1) is 11.9. The van der Waals surface area contributed by atoms with Gasteiger partial charge >= 0.3 is 0 Å². The van der Waals surface area contributed by atoms with E-state index in [1.807, 2.05) is 28.9 Å². The van der Waals surface area contributed by atoms with Crippen LogP contribution in [-0.2, 0) is 13.1 Å². The van der Waals surface area contributed by atoms with Crippen molar-refractivity contribution in [3.63, 3.8) is 0 Å². The van der Waals surface area contributed by atoms with Crippen molar-refractivity contribution >= 4 is 17.3 Å². The maximum absolute atomic E-state index is 6.06. The number of nitrogens with zero attached hydrogens (tertiary/aromatic N) is 3. The normalized spacial score (nSPS) is 10.5. The van der Waals surface area contributed by atoms with Gasteiger partial charge in [0.2, 0.25) is 0 Å². The standard InChI is InChI=1S/C12H15ClN4/c1-2-7-17-12(15-9-16-17)8-14-11-6-4-3-5-10(11)13/h3-6,9,14H,2,7-8H2,1H3. The van der Waals surface area contributed by atoms with Gasteiger partial charge in [0.15, 0.2) is 0 Å². The second kappa shape index (κ2) is 5.68. The SMILES string of the molecule is CCCn1ncnc1CNc1ccccc1Cl. The lowest BCUT2D eigenvalue weighted by Gasteiger charge is -2.08. The topological polar surface area (TPSA) is 42.7 Å². The molecular formula is C12H15ClN4. The Morgan fingerprint density at radius 2 is 2.18 bits per heavy atom. The third kappa shape index (κ3) is 2.97. The molecule has 0 saturated heterocycles. The number of rotatable bonds is 5. The zero-order chi connectivity index (χ0) is 12.1. The van der Waals surface area contributed by atoms with E-state index in [9.17, 15) is 0 Å². The monoisotopic (exact) mass is 250 g/mol. The number of para-hydroxylation sites is 1. The van der Waals surface area contributed by atoms with Gasteiger partial charge in [0.05, 0.1) is 17.3 Å². The van der Waals surface area contributed by atoms with E-state index in [1.165, 1.54) is 0 Å². The summed E-state index contributed by atoms with van der Waals surface area (Å²) in [6, 6.07) is 7.67. The van der Waals surface area contributed by atoms with Crippen molar-refractivity contribution in [2.45, 2.75) is 26.4 Å². The van der Waals surface area contributed by atoms with Crippen molar-refractivity contribution in [2.75, 3.05) is 5.32 Å². The summed E-state index contributed by atoms with van der Waals surface area (Å²) in [6.45, 7) is 3.64. The van der Waals surface area contributed by atoms with Gasteiger partial charge in [-0.1, -0.05) is 30.7 Å². The summed E-state index contributed by atoms with van der Waals surface area (Å²) < 4.78 is 1.91. The van der Waals surface area contributed by atoms with Crippen molar-refractivity contribution in [1.82, 2.24) is 14.8 Å². The van der Waals surface area contributed by atoms with Gasteiger partial charge in [-0.3, -0.25) is 0 Å². The first-order valence-corrected chi connectivity index (χ1v) is 6.04. The van der Waals surface area contributed by atoms with Gasteiger partial charge < -0.3 is 5.32 Å². The molecule has 2 aromatic rings. The van der Waals surface area contributed by atoms with Gasteiger partial charge in [-0.15, -0.1) is 0 Å². The summed E-state index contributed by atoms with van der Waals surface area (Å²) in [5.74, 6) is 0.923. The lowest BCUT2D eigenvalue weighted by molar-refractivity contribution is 0.574. The van der Waals surface area contributed by atoms with Gasteiger partial charge in [0.25, 0.3) is 0 Å². The molecule has 4 nitrogen and oxygen atoms in total. The molecule has 0 fully saturated rings. The molecule has 0 amide bonds. The second-order valence-electron chi connectivity index (χ2n) is 3.73. The Balaban J connectivity index is 2.02. The maximum atomic E-state index is 6.06. The van der Waals surface area contributed by atoms with Crippen LogP contribution >= 0.6 is 11.6 Å². The van der Waals surface area contributed by atoms with Crippen LogP contribution in [0.15, 0.2) is 30.6 Å². The number of hydrogen-bond acceptors (Lipinski definition) is 3. The fourth-order valence-electron chi connectivity index (χ4n) is 1.60. The number of aryl methyl sites for hydroxylation is 1. The number of aromatic nitrogens is 3. The van der Waals surface area contributed by atoms with Crippen LogP contribution in [0.25, 0.3) is 0 Å². The zero-order valence-electron chi connectivity index (χ0n) is 9.73. The Kier molecular flexibility index (Phi) is 3.98. The van der Waals surface area contributed by atoms with Gasteiger partial charge in [-0.25, -0.2) is 9.67 Å². The molecule has 1 N–H and O–H groups in total. The molecule has 0 spiro atoms. The largest absolute Gasteiger partial charge is 0.377 e. The van der Waals surface area contributed by atoms with Crippen molar-refractivity contribution in [3.8, 4) is 0 Å². The molecule has 0 aliphatic heterocycles. The van der Waals surface area contributed by atoms with Crippen LogP contribution in [0.2, 0.25) is 5.02 Å². The molecule has 0 saturated carbocycles. The molecule has 0 bridgehead atoms. The van der Waals surface area contributed by atoms with E-state index >= 15 is 0 Å². The quantitative estimate of drug-likeness (QED) is 0.887. The Labute approximate surface area is 106 Å². The summed E-state index contributed by atoms with van der Waals surface area (Å²) in [7, 11) is 0. The molecule has 1 aromatic heterocycles. The molecule has 1 heterocycles. The van der Waals surface area contributed by atoms with Gasteiger partial charge in [0.1, 0.15) is 12.2 Å². The van der Waals surface area contributed by atoms with E-state index in [0.29, 0.717) is 11.6 Å². The lowest BCUT2D eigenvalue weighted by atomic mass is 10.3. The predicted octanol–water partition coefficient (Wildman–Crippen LogP) is 2.95. The maximum Gasteiger partial charge on any atom is 0.146 e. The minimum Gasteiger partial charge on any atom is -0.377 e. The summed E-state index contributed by atoms with van der Waals surface area (Å²) in [6.07, 6.45) is 2.63. The Bertz CT molecular complexity index is 481. The number of nitrogens with one attached hydrogen (secondary N) is 1. The third-order valence-electron chi connectivity index (χ3n) is 2.44. The minimum absolute atomic E-state index is 0.629. The lowest BCUT2D eigenvalue weighted by Crippen LogP contribution is -2.10. The first-order valence-electron chi connectivity index (χ1n) is 5.66. The van der Waals surface area contributed by atoms with Crippen LogP contribution in [0, 0.1) is 0 Å². The molecule has 0 atom stereocenters. The number of anilines is 1. The van der Waals surface area contributed by atoms with Crippen LogP contribution in [0.5, 0.6) is 0 Å². The minimum atomic E-state index is 0.629. The summed E-state index contributed by atoms with van der Waals surface area (Å²) in [4.78, 5) is 4.23. The van der Waals surface area contributed by atoms with E-state index in [1.54, 1.807) is 6.33 Å². The predicted molar refractivity (Wildman–Crippen MR) is 69.1 cm³/mol. The van der Waals surface area contributed by atoms with Crippen LogP contribution in [-0.4, -0.2) is 14.8 Å². The van der Waals surface area contributed by atoms with Crippen LogP contribution in [0.1, 0.15) is 19.2 Å². The molecule has 5 heteroatoms. The molecule has 90 valence electrons. The fraction of sp³-hybridized carbons (Fsp3) is 0.333. The van der Waals surface area contributed by atoms with E-state index in [-0.39, 0.29) is 0 Å². The molecular weight excluding hydrogens is 236 g/mol. The molecule has 0 radical (unpaired) electrons. The van der Waals surface area contributed by atoms with Crippen molar-refractivity contribution in [3.05, 3.63) is 41.4 Å². The third-order valence-corrected chi connectivity index (χ3v) is 2.77. The molecule has 17 heavy (non-hydrogen) atoms. The highest BCUT2D eigenvalue weighted by Crippen LogP contribution is 2.20. The highest BCUT2D eigenvalue weighted by atomic mass is 35.5. The summed E-state index contributed by atoms with van der Waals surface area (Å²) >= 11 is 6.06.